The number of methoxy groups -OCH3 is 1. The van der Waals surface area contributed by atoms with Gasteiger partial charge in [-0.15, -0.1) is 0 Å². The van der Waals surface area contributed by atoms with E-state index in [1.165, 1.54) is 17.0 Å². The SMILES string of the molecule is COc1ccc(N2C(=O)C(=Cc3ccccc3F)N=C2c2ccc(Br)cc2)cc1. The largest absolute Gasteiger partial charge is 0.497 e. The van der Waals surface area contributed by atoms with E-state index in [2.05, 4.69) is 20.9 Å². The molecular weight excluding hydrogens is 435 g/mol. The second-order valence-electron chi connectivity index (χ2n) is 6.33. The van der Waals surface area contributed by atoms with Gasteiger partial charge in [0.25, 0.3) is 5.91 Å². The number of carbonyl (C=O) groups is 1. The van der Waals surface area contributed by atoms with E-state index in [0.717, 1.165) is 10.0 Å². The molecule has 1 aliphatic rings. The molecule has 4 nitrogen and oxygen atoms in total. The molecule has 6 heteroatoms. The molecule has 0 saturated heterocycles. The van der Waals surface area contributed by atoms with Crippen LogP contribution in [0, 0.1) is 5.82 Å². The van der Waals surface area contributed by atoms with E-state index in [0.29, 0.717) is 22.8 Å². The third-order valence-electron chi connectivity index (χ3n) is 4.49. The predicted octanol–water partition coefficient (Wildman–Crippen LogP) is 5.43. The van der Waals surface area contributed by atoms with Gasteiger partial charge in [-0.05, 0) is 48.5 Å². The predicted molar refractivity (Wildman–Crippen MR) is 116 cm³/mol. The monoisotopic (exact) mass is 450 g/mol. The first-order valence-corrected chi connectivity index (χ1v) is 9.65. The smallest absolute Gasteiger partial charge is 0.282 e. The third-order valence-corrected chi connectivity index (χ3v) is 5.02. The lowest BCUT2D eigenvalue weighted by Crippen LogP contribution is -2.32. The number of benzene rings is 3. The number of halogens is 2. The Kier molecular flexibility index (Phi) is 5.27. The van der Waals surface area contributed by atoms with E-state index in [1.807, 2.05) is 24.3 Å². The molecule has 4 rings (SSSR count). The van der Waals surface area contributed by atoms with Crippen LogP contribution in [-0.2, 0) is 4.79 Å². The zero-order valence-electron chi connectivity index (χ0n) is 15.5. The number of ether oxygens (including phenoxy) is 1. The Hall–Kier alpha value is -3.25. The Bertz CT molecular complexity index is 1120. The molecule has 0 bridgehead atoms. The van der Waals surface area contributed by atoms with Crippen LogP contribution >= 0.6 is 15.9 Å². The first-order chi connectivity index (χ1) is 14.1. The first-order valence-electron chi connectivity index (χ1n) is 8.86. The maximum Gasteiger partial charge on any atom is 0.282 e. The standard InChI is InChI=1S/C23H16BrFN2O2/c1-29-19-12-10-18(11-13-19)27-22(15-6-8-17(24)9-7-15)26-21(23(27)28)14-16-4-2-3-5-20(16)25/h2-14H,1H3. The van der Waals surface area contributed by atoms with Crippen molar-refractivity contribution < 1.29 is 13.9 Å². The van der Waals surface area contributed by atoms with Crippen molar-refractivity contribution in [2.75, 3.05) is 12.0 Å². The van der Waals surface area contributed by atoms with Crippen LogP contribution in [-0.4, -0.2) is 18.9 Å². The summed E-state index contributed by atoms with van der Waals surface area (Å²) in [7, 11) is 1.58. The van der Waals surface area contributed by atoms with E-state index in [-0.39, 0.29) is 11.6 Å². The zero-order valence-corrected chi connectivity index (χ0v) is 17.1. The van der Waals surface area contributed by atoms with E-state index >= 15 is 0 Å². The van der Waals surface area contributed by atoms with E-state index in [9.17, 15) is 9.18 Å². The van der Waals surface area contributed by atoms with Crippen LogP contribution in [0.25, 0.3) is 6.08 Å². The average molecular weight is 451 g/mol. The number of amidine groups is 1. The molecule has 0 aromatic heterocycles. The Morgan fingerprint density at radius 3 is 2.34 bits per heavy atom. The van der Waals surface area contributed by atoms with Gasteiger partial charge in [0.2, 0.25) is 0 Å². The maximum atomic E-state index is 14.1. The van der Waals surface area contributed by atoms with Gasteiger partial charge >= 0.3 is 0 Å². The van der Waals surface area contributed by atoms with Gasteiger partial charge in [-0.1, -0.05) is 46.3 Å². The number of rotatable bonds is 4. The fourth-order valence-electron chi connectivity index (χ4n) is 3.02. The second kappa shape index (κ2) is 8.01. The molecule has 144 valence electrons. The van der Waals surface area contributed by atoms with Crippen LogP contribution in [0.3, 0.4) is 0 Å². The second-order valence-corrected chi connectivity index (χ2v) is 7.25. The molecular formula is C23H16BrFN2O2. The normalized spacial score (nSPS) is 15.0. The quantitative estimate of drug-likeness (QED) is 0.497. The summed E-state index contributed by atoms with van der Waals surface area (Å²) in [5.41, 5.74) is 1.90. The minimum atomic E-state index is -0.406. The lowest BCUT2D eigenvalue weighted by molar-refractivity contribution is -0.113. The minimum Gasteiger partial charge on any atom is -0.497 e. The number of carbonyl (C=O) groups excluding carboxylic acids is 1. The van der Waals surface area contributed by atoms with Crippen molar-refractivity contribution in [3.8, 4) is 5.75 Å². The average Bonchev–Trinajstić information content (AvgIpc) is 3.06. The number of aliphatic imine (C=N–C) groups is 1. The van der Waals surface area contributed by atoms with Crippen LogP contribution in [0.15, 0.2) is 88.0 Å². The maximum absolute atomic E-state index is 14.1. The van der Waals surface area contributed by atoms with Crippen molar-refractivity contribution in [2.45, 2.75) is 0 Å². The van der Waals surface area contributed by atoms with Gasteiger partial charge in [0.05, 0.1) is 12.8 Å². The zero-order chi connectivity index (χ0) is 20.4. The first kappa shape index (κ1) is 19.1. The third kappa shape index (κ3) is 3.84. The lowest BCUT2D eigenvalue weighted by Gasteiger charge is -2.19. The summed E-state index contributed by atoms with van der Waals surface area (Å²) < 4.78 is 20.2. The van der Waals surface area contributed by atoms with Crippen molar-refractivity contribution in [1.82, 2.24) is 0 Å². The van der Waals surface area contributed by atoms with Gasteiger partial charge in [0.1, 0.15) is 23.1 Å². The Balaban J connectivity index is 1.82. The molecule has 0 unspecified atom stereocenters. The number of amides is 1. The van der Waals surface area contributed by atoms with Crippen LogP contribution < -0.4 is 9.64 Å². The molecule has 0 radical (unpaired) electrons. The highest BCUT2D eigenvalue weighted by Crippen LogP contribution is 2.30. The van der Waals surface area contributed by atoms with Crippen molar-refractivity contribution in [2.24, 2.45) is 4.99 Å². The van der Waals surface area contributed by atoms with Gasteiger partial charge in [-0.2, -0.15) is 0 Å². The summed E-state index contributed by atoms with van der Waals surface area (Å²) in [6, 6.07) is 20.9. The topological polar surface area (TPSA) is 41.9 Å². The lowest BCUT2D eigenvalue weighted by atomic mass is 10.1. The van der Waals surface area contributed by atoms with Gasteiger partial charge in [-0.25, -0.2) is 9.38 Å². The number of anilines is 1. The number of hydrogen-bond donors (Lipinski definition) is 0. The molecule has 29 heavy (non-hydrogen) atoms. The molecule has 0 N–H and O–H groups in total. The van der Waals surface area contributed by atoms with Crippen LogP contribution in [0.2, 0.25) is 0 Å². The molecule has 0 aliphatic carbocycles. The molecule has 0 fully saturated rings. The highest BCUT2D eigenvalue weighted by atomic mass is 79.9. The fraction of sp³-hybridized carbons (Fsp3) is 0.0435. The molecule has 3 aromatic carbocycles. The van der Waals surface area contributed by atoms with Gasteiger partial charge in [-0.3, -0.25) is 9.69 Å². The van der Waals surface area contributed by atoms with Crippen molar-refractivity contribution in [3.63, 3.8) is 0 Å². The highest BCUT2D eigenvalue weighted by molar-refractivity contribution is 9.10. The molecule has 0 spiro atoms. The summed E-state index contributed by atoms with van der Waals surface area (Å²) in [5, 5.41) is 0. The van der Waals surface area contributed by atoms with Gasteiger partial charge < -0.3 is 4.74 Å². The van der Waals surface area contributed by atoms with Crippen LogP contribution in [0.4, 0.5) is 10.1 Å². The van der Waals surface area contributed by atoms with Crippen LogP contribution in [0.5, 0.6) is 5.75 Å². The van der Waals surface area contributed by atoms with E-state index < -0.39 is 5.82 Å². The Morgan fingerprint density at radius 2 is 1.69 bits per heavy atom. The molecule has 3 aromatic rings. The van der Waals surface area contributed by atoms with Crippen molar-refractivity contribution in [1.29, 1.82) is 0 Å². The van der Waals surface area contributed by atoms with Crippen LogP contribution in [0.1, 0.15) is 11.1 Å². The Morgan fingerprint density at radius 1 is 1.00 bits per heavy atom. The molecule has 0 atom stereocenters. The summed E-state index contributed by atoms with van der Waals surface area (Å²) in [5.74, 6) is 0.437. The summed E-state index contributed by atoms with van der Waals surface area (Å²) in [6.07, 6.45) is 1.47. The molecule has 1 heterocycles. The van der Waals surface area contributed by atoms with Gasteiger partial charge in [0, 0.05) is 15.6 Å². The molecule has 0 saturated carbocycles. The fourth-order valence-corrected chi connectivity index (χ4v) is 3.28. The Labute approximate surface area is 176 Å². The minimum absolute atomic E-state index is 0.170. The highest BCUT2D eigenvalue weighted by Gasteiger charge is 2.32. The van der Waals surface area contributed by atoms with E-state index in [4.69, 9.17) is 4.74 Å². The van der Waals surface area contributed by atoms with Crippen molar-refractivity contribution in [3.05, 3.63) is 99.9 Å². The summed E-state index contributed by atoms with van der Waals surface area (Å²) in [4.78, 5) is 19.3. The summed E-state index contributed by atoms with van der Waals surface area (Å²) >= 11 is 3.42. The van der Waals surface area contributed by atoms with E-state index in [1.54, 1.807) is 49.6 Å². The summed E-state index contributed by atoms with van der Waals surface area (Å²) in [6.45, 7) is 0. The molecule has 1 aliphatic heterocycles. The molecule has 1 amide bonds. The number of nitrogens with zero attached hydrogens (tertiary/aromatic N) is 2. The van der Waals surface area contributed by atoms with Crippen molar-refractivity contribution >= 4 is 39.4 Å². The number of hydrogen-bond acceptors (Lipinski definition) is 3. The van der Waals surface area contributed by atoms with Gasteiger partial charge in [0.15, 0.2) is 0 Å².